The maximum atomic E-state index is 12.5. The molecule has 90 valence electrons. The van der Waals surface area contributed by atoms with Crippen LogP contribution in [0.25, 0.3) is 0 Å². The van der Waals surface area contributed by atoms with Crippen molar-refractivity contribution in [2.45, 2.75) is 19.6 Å². The molecule has 0 radical (unpaired) electrons. The average molecular weight is 235 g/mol. The van der Waals surface area contributed by atoms with Crippen LogP contribution in [0.3, 0.4) is 0 Å². The summed E-state index contributed by atoms with van der Waals surface area (Å²) in [5, 5.41) is 0. The van der Waals surface area contributed by atoms with Gasteiger partial charge in [-0.1, -0.05) is 0 Å². The Kier molecular flexibility index (Phi) is 3.74. The molecule has 0 spiro atoms. The highest BCUT2D eigenvalue weighted by Crippen LogP contribution is 2.28. The zero-order chi connectivity index (χ0) is 12.3. The number of rotatable bonds is 3. The summed E-state index contributed by atoms with van der Waals surface area (Å²) in [6.07, 6.45) is -3.62. The van der Waals surface area contributed by atoms with Gasteiger partial charge in [0.2, 0.25) is 0 Å². The number of nitrogens with zero attached hydrogens (tertiary/aromatic N) is 1. The minimum absolute atomic E-state index is 0.0749. The van der Waals surface area contributed by atoms with E-state index in [4.69, 9.17) is 4.74 Å². The number of methoxy groups -OCH3 is 1. The Morgan fingerprint density at radius 1 is 1.44 bits per heavy atom. The van der Waals surface area contributed by atoms with Crippen LogP contribution < -0.4 is 5.56 Å². The highest BCUT2D eigenvalue weighted by Gasteiger charge is 2.31. The summed E-state index contributed by atoms with van der Waals surface area (Å²) in [6, 6.07) is 0.853. The third-order valence-electron chi connectivity index (χ3n) is 2.13. The molecule has 1 rings (SSSR count). The van der Waals surface area contributed by atoms with Gasteiger partial charge in [-0.2, -0.15) is 13.2 Å². The highest BCUT2D eigenvalue weighted by molar-refractivity contribution is 5.20. The second-order valence-corrected chi connectivity index (χ2v) is 3.40. The molecule has 0 unspecified atom stereocenters. The molecule has 0 bridgehead atoms. The third kappa shape index (κ3) is 2.85. The van der Waals surface area contributed by atoms with Crippen LogP contribution in [0, 0.1) is 6.92 Å². The summed E-state index contributed by atoms with van der Waals surface area (Å²) < 4.78 is 43.1. The van der Waals surface area contributed by atoms with Gasteiger partial charge in [0, 0.05) is 25.4 Å². The molecule has 6 heteroatoms. The van der Waals surface area contributed by atoms with Crippen LogP contribution in [-0.2, 0) is 17.5 Å². The first-order valence-electron chi connectivity index (χ1n) is 4.63. The molecule has 0 aliphatic carbocycles. The molecule has 0 N–H and O–H groups in total. The summed E-state index contributed by atoms with van der Waals surface area (Å²) in [5.41, 5.74) is -1.17. The Hall–Kier alpha value is -1.30. The van der Waals surface area contributed by atoms with Crippen molar-refractivity contribution in [1.29, 1.82) is 0 Å². The standard InChI is InChI=1S/C10H12F3NO2/c1-7-5-8(10(11,12)13)6-14(9(7)15)3-4-16-2/h5-6H,3-4H2,1-2H3. The van der Waals surface area contributed by atoms with E-state index in [-0.39, 0.29) is 18.7 Å². The third-order valence-corrected chi connectivity index (χ3v) is 2.13. The lowest BCUT2D eigenvalue weighted by Crippen LogP contribution is -2.26. The van der Waals surface area contributed by atoms with E-state index in [0.29, 0.717) is 0 Å². The number of alkyl halides is 3. The van der Waals surface area contributed by atoms with E-state index in [1.807, 2.05) is 0 Å². The van der Waals surface area contributed by atoms with Crippen molar-refractivity contribution in [1.82, 2.24) is 4.57 Å². The summed E-state index contributed by atoms with van der Waals surface area (Å²) >= 11 is 0. The van der Waals surface area contributed by atoms with E-state index in [2.05, 4.69) is 0 Å². The van der Waals surface area contributed by atoms with E-state index in [9.17, 15) is 18.0 Å². The second-order valence-electron chi connectivity index (χ2n) is 3.40. The Bertz CT molecular complexity index is 423. The molecular formula is C10H12F3NO2. The van der Waals surface area contributed by atoms with Crippen LogP contribution in [0.2, 0.25) is 0 Å². The van der Waals surface area contributed by atoms with Crippen molar-refractivity contribution in [3.8, 4) is 0 Å². The number of aryl methyl sites for hydroxylation is 1. The Balaban J connectivity index is 3.17. The Morgan fingerprint density at radius 3 is 2.56 bits per heavy atom. The fourth-order valence-corrected chi connectivity index (χ4v) is 1.30. The Labute approximate surface area is 90.5 Å². The highest BCUT2D eigenvalue weighted by atomic mass is 19.4. The van der Waals surface area contributed by atoms with Gasteiger partial charge < -0.3 is 9.30 Å². The lowest BCUT2D eigenvalue weighted by molar-refractivity contribution is -0.138. The molecule has 0 atom stereocenters. The van der Waals surface area contributed by atoms with Crippen molar-refractivity contribution >= 4 is 0 Å². The fourth-order valence-electron chi connectivity index (χ4n) is 1.30. The van der Waals surface area contributed by atoms with Crippen LogP contribution in [0.15, 0.2) is 17.1 Å². The first-order chi connectivity index (χ1) is 7.36. The SMILES string of the molecule is COCCn1cc(C(F)(F)F)cc(C)c1=O. The molecule has 0 aliphatic heterocycles. The summed E-state index contributed by atoms with van der Waals surface area (Å²) in [6.45, 7) is 1.67. The minimum atomic E-state index is -4.44. The number of hydrogen-bond donors (Lipinski definition) is 0. The van der Waals surface area contributed by atoms with Crippen LogP contribution in [-0.4, -0.2) is 18.3 Å². The van der Waals surface area contributed by atoms with Crippen LogP contribution in [0.1, 0.15) is 11.1 Å². The number of aromatic nitrogens is 1. The lowest BCUT2D eigenvalue weighted by Gasteiger charge is -2.11. The van der Waals surface area contributed by atoms with E-state index >= 15 is 0 Å². The van der Waals surface area contributed by atoms with Crippen LogP contribution >= 0.6 is 0 Å². The van der Waals surface area contributed by atoms with Gasteiger partial charge in [0.25, 0.3) is 5.56 Å². The van der Waals surface area contributed by atoms with Gasteiger partial charge in [0.1, 0.15) is 0 Å². The van der Waals surface area contributed by atoms with Crippen LogP contribution in [0.4, 0.5) is 13.2 Å². The van der Waals surface area contributed by atoms with E-state index in [0.717, 1.165) is 16.8 Å². The normalized spacial score (nSPS) is 11.8. The van der Waals surface area contributed by atoms with Gasteiger partial charge >= 0.3 is 6.18 Å². The predicted molar refractivity (Wildman–Crippen MR) is 52.3 cm³/mol. The number of hydrogen-bond acceptors (Lipinski definition) is 2. The molecule has 1 aromatic rings. The molecule has 0 saturated carbocycles. The van der Waals surface area contributed by atoms with Gasteiger partial charge in [-0.25, -0.2) is 0 Å². The van der Waals surface area contributed by atoms with E-state index in [1.54, 1.807) is 0 Å². The van der Waals surface area contributed by atoms with Crippen molar-refractivity contribution in [3.05, 3.63) is 33.7 Å². The molecule has 0 fully saturated rings. The minimum Gasteiger partial charge on any atom is -0.383 e. The van der Waals surface area contributed by atoms with Gasteiger partial charge in [0.15, 0.2) is 0 Å². The maximum absolute atomic E-state index is 12.5. The molecule has 1 aromatic heterocycles. The fraction of sp³-hybridized carbons (Fsp3) is 0.500. The average Bonchev–Trinajstić information content (AvgIpc) is 2.18. The molecular weight excluding hydrogens is 223 g/mol. The van der Waals surface area contributed by atoms with Crippen molar-refractivity contribution < 1.29 is 17.9 Å². The molecule has 0 aromatic carbocycles. The number of pyridine rings is 1. The topological polar surface area (TPSA) is 31.2 Å². The zero-order valence-corrected chi connectivity index (χ0v) is 8.97. The lowest BCUT2D eigenvalue weighted by atomic mass is 10.2. The van der Waals surface area contributed by atoms with Crippen molar-refractivity contribution in [3.63, 3.8) is 0 Å². The quantitative estimate of drug-likeness (QED) is 0.800. The molecule has 3 nitrogen and oxygen atoms in total. The van der Waals surface area contributed by atoms with Gasteiger partial charge in [-0.3, -0.25) is 4.79 Å². The summed E-state index contributed by atoms with van der Waals surface area (Å²) in [4.78, 5) is 11.5. The summed E-state index contributed by atoms with van der Waals surface area (Å²) in [7, 11) is 1.42. The van der Waals surface area contributed by atoms with Gasteiger partial charge in [-0.15, -0.1) is 0 Å². The molecule has 0 amide bonds. The predicted octanol–water partition coefficient (Wildman–Crippen LogP) is 1.82. The molecule has 1 heterocycles. The smallest absolute Gasteiger partial charge is 0.383 e. The van der Waals surface area contributed by atoms with Crippen molar-refractivity contribution in [2.24, 2.45) is 0 Å². The van der Waals surface area contributed by atoms with Crippen molar-refractivity contribution in [2.75, 3.05) is 13.7 Å². The van der Waals surface area contributed by atoms with Gasteiger partial charge in [0.05, 0.1) is 12.2 Å². The maximum Gasteiger partial charge on any atom is 0.417 e. The largest absolute Gasteiger partial charge is 0.417 e. The summed E-state index contributed by atoms with van der Waals surface area (Å²) in [5.74, 6) is 0. The van der Waals surface area contributed by atoms with Gasteiger partial charge in [-0.05, 0) is 13.0 Å². The number of halogens is 3. The van der Waals surface area contributed by atoms with Crippen LogP contribution in [0.5, 0.6) is 0 Å². The first kappa shape index (κ1) is 12.8. The zero-order valence-electron chi connectivity index (χ0n) is 8.97. The second kappa shape index (κ2) is 4.69. The Morgan fingerprint density at radius 2 is 2.06 bits per heavy atom. The molecule has 0 aliphatic rings. The van der Waals surface area contributed by atoms with E-state index < -0.39 is 17.3 Å². The monoisotopic (exact) mass is 235 g/mol. The molecule has 16 heavy (non-hydrogen) atoms. The first-order valence-corrected chi connectivity index (χ1v) is 4.63. The van der Waals surface area contributed by atoms with E-state index in [1.165, 1.54) is 14.0 Å². The molecule has 0 saturated heterocycles. The number of ether oxygens (including phenoxy) is 1.